The fourth-order valence-electron chi connectivity index (χ4n) is 1.61. The summed E-state index contributed by atoms with van der Waals surface area (Å²) < 4.78 is 10.1. The zero-order valence-corrected chi connectivity index (χ0v) is 12.0. The molecule has 22 heavy (non-hydrogen) atoms. The van der Waals surface area contributed by atoms with Gasteiger partial charge in [-0.15, -0.1) is 0 Å². The Morgan fingerprint density at radius 2 is 1.95 bits per heavy atom. The van der Waals surface area contributed by atoms with Crippen LogP contribution in [0.25, 0.3) is 0 Å². The van der Waals surface area contributed by atoms with E-state index in [-0.39, 0.29) is 5.69 Å². The van der Waals surface area contributed by atoms with E-state index in [0.29, 0.717) is 12.3 Å². The third-order valence-electron chi connectivity index (χ3n) is 2.56. The first kappa shape index (κ1) is 15.4. The van der Waals surface area contributed by atoms with Crippen LogP contribution < -0.4 is 10.1 Å². The van der Waals surface area contributed by atoms with Crippen molar-refractivity contribution in [1.82, 2.24) is 9.97 Å². The molecular formula is C15H15N3O4. The number of esters is 1. The van der Waals surface area contributed by atoms with Crippen LogP contribution in [-0.2, 0) is 9.53 Å². The van der Waals surface area contributed by atoms with Gasteiger partial charge in [0, 0.05) is 18.1 Å². The van der Waals surface area contributed by atoms with Crippen molar-refractivity contribution < 1.29 is 19.1 Å². The maximum Gasteiger partial charge on any atom is 0.359 e. The van der Waals surface area contributed by atoms with Gasteiger partial charge in [0.05, 0.1) is 12.8 Å². The summed E-state index contributed by atoms with van der Waals surface area (Å²) >= 11 is 0. The third-order valence-corrected chi connectivity index (χ3v) is 2.56. The van der Waals surface area contributed by atoms with Gasteiger partial charge in [0.15, 0.2) is 12.3 Å². The summed E-state index contributed by atoms with van der Waals surface area (Å²) in [7, 11) is 0. The zero-order chi connectivity index (χ0) is 15.8. The van der Waals surface area contributed by atoms with E-state index in [1.165, 1.54) is 18.6 Å². The maximum absolute atomic E-state index is 11.7. The molecule has 1 aromatic heterocycles. The van der Waals surface area contributed by atoms with Gasteiger partial charge < -0.3 is 14.8 Å². The number of benzene rings is 1. The Kier molecular flexibility index (Phi) is 5.42. The van der Waals surface area contributed by atoms with Gasteiger partial charge in [0.1, 0.15) is 5.75 Å². The van der Waals surface area contributed by atoms with E-state index in [1.54, 1.807) is 24.3 Å². The van der Waals surface area contributed by atoms with Crippen molar-refractivity contribution in [2.24, 2.45) is 0 Å². The van der Waals surface area contributed by atoms with E-state index in [0.717, 1.165) is 5.75 Å². The largest absolute Gasteiger partial charge is 0.494 e. The van der Waals surface area contributed by atoms with Crippen molar-refractivity contribution >= 4 is 17.6 Å². The van der Waals surface area contributed by atoms with Gasteiger partial charge in [-0.3, -0.25) is 9.78 Å². The molecule has 0 saturated heterocycles. The summed E-state index contributed by atoms with van der Waals surface area (Å²) in [4.78, 5) is 30.8. The summed E-state index contributed by atoms with van der Waals surface area (Å²) in [5.41, 5.74) is 0.639. The molecule has 0 atom stereocenters. The molecule has 0 spiro atoms. The first-order valence-electron chi connectivity index (χ1n) is 6.65. The van der Waals surface area contributed by atoms with Gasteiger partial charge in [0.25, 0.3) is 5.91 Å². The lowest BCUT2D eigenvalue weighted by molar-refractivity contribution is -0.119. The normalized spacial score (nSPS) is 9.86. The number of nitrogens with zero attached hydrogens (tertiary/aromatic N) is 2. The molecule has 1 heterocycles. The van der Waals surface area contributed by atoms with Crippen LogP contribution in [0.4, 0.5) is 5.69 Å². The predicted octanol–water partition coefficient (Wildman–Crippen LogP) is 1.67. The summed E-state index contributed by atoms with van der Waals surface area (Å²) in [6.45, 7) is 2.06. The number of rotatable bonds is 6. The molecule has 0 aliphatic rings. The molecule has 1 amide bonds. The molecular weight excluding hydrogens is 286 g/mol. The second kappa shape index (κ2) is 7.72. The number of amides is 1. The second-order valence-corrected chi connectivity index (χ2v) is 4.17. The number of ether oxygens (including phenoxy) is 2. The monoisotopic (exact) mass is 301 g/mol. The molecule has 114 valence electrons. The van der Waals surface area contributed by atoms with E-state index in [9.17, 15) is 9.59 Å². The standard InChI is InChI=1S/C15H15N3O4/c1-2-21-12-5-3-11(4-6-12)18-14(19)10-22-15(20)13-9-16-7-8-17-13/h3-9H,2,10H2,1H3,(H,18,19). The van der Waals surface area contributed by atoms with E-state index in [1.807, 2.05) is 6.92 Å². The molecule has 0 radical (unpaired) electrons. The van der Waals surface area contributed by atoms with Gasteiger partial charge in [-0.2, -0.15) is 0 Å². The summed E-state index contributed by atoms with van der Waals surface area (Å²) in [5, 5.41) is 2.61. The molecule has 2 rings (SSSR count). The number of hydrogen-bond acceptors (Lipinski definition) is 6. The van der Waals surface area contributed by atoms with E-state index in [2.05, 4.69) is 15.3 Å². The molecule has 0 fully saturated rings. The smallest absolute Gasteiger partial charge is 0.359 e. The summed E-state index contributed by atoms with van der Waals surface area (Å²) in [6, 6.07) is 6.89. The average molecular weight is 301 g/mol. The molecule has 1 aromatic carbocycles. The van der Waals surface area contributed by atoms with Crippen molar-refractivity contribution in [1.29, 1.82) is 0 Å². The maximum atomic E-state index is 11.7. The number of nitrogens with one attached hydrogen (secondary N) is 1. The Labute approximate surface area is 127 Å². The predicted molar refractivity (Wildman–Crippen MR) is 78.6 cm³/mol. The van der Waals surface area contributed by atoms with Crippen molar-refractivity contribution in [3.63, 3.8) is 0 Å². The Bertz CT molecular complexity index is 629. The third kappa shape index (κ3) is 4.55. The average Bonchev–Trinajstić information content (AvgIpc) is 2.55. The molecule has 0 unspecified atom stereocenters. The lowest BCUT2D eigenvalue weighted by Gasteiger charge is -2.07. The number of hydrogen-bond donors (Lipinski definition) is 1. The van der Waals surface area contributed by atoms with Crippen LogP contribution in [-0.4, -0.2) is 35.1 Å². The highest BCUT2D eigenvalue weighted by Crippen LogP contribution is 2.15. The van der Waals surface area contributed by atoms with E-state index >= 15 is 0 Å². The van der Waals surface area contributed by atoms with Crippen LogP contribution in [0.1, 0.15) is 17.4 Å². The fourth-order valence-corrected chi connectivity index (χ4v) is 1.61. The summed E-state index contributed by atoms with van der Waals surface area (Å²) in [6.07, 6.45) is 4.08. The Morgan fingerprint density at radius 1 is 1.18 bits per heavy atom. The van der Waals surface area contributed by atoms with Crippen LogP contribution in [0.3, 0.4) is 0 Å². The van der Waals surface area contributed by atoms with Gasteiger partial charge in [-0.1, -0.05) is 0 Å². The Balaban J connectivity index is 1.81. The van der Waals surface area contributed by atoms with Gasteiger partial charge in [-0.05, 0) is 31.2 Å². The second-order valence-electron chi connectivity index (χ2n) is 4.17. The van der Waals surface area contributed by atoms with Crippen molar-refractivity contribution in [2.45, 2.75) is 6.92 Å². The molecule has 7 nitrogen and oxygen atoms in total. The van der Waals surface area contributed by atoms with Crippen molar-refractivity contribution in [2.75, 3.05) is 18.5 Å². The van der Waals surface area contributed by atoms with Crippen LogP contribution in [0, 0.1) is 0 Å². The number of carbonyl (C=O) groups excluding carboxylic acids is 2. The molecule has 7 heteroatoms. The highest BCUT2D eigenvalue weighted by atomic mass is 16.5. The minimum atomic E-state index is -0.699. The SMILES string of the molecule is CCOc1ccc(NC(=O)COC(=O)c2cnccn2)cc1. The summed E-state index contributed by atoms with van der Waals surface area (Å²) in [5.74, 6) is -0.425. The lowest BCUT2D eigenvalue weighted by Crippen LogP contribution is -2.21. The molecule has 0 aliphatic carbocycles. The Morgan fingerprint density at radius 3 is 2.59 bits per heavy atom. The van der Waals surface area contributed by atoms with Gasteiger partial charge in [-0.25, -0.2) is 9.78 Å². The Hall–Kier alpha value is -2.96. The van der Waals surface area contributed by atoms with Crippen molar-refractivity contribution in [3.8, 4) is 5.75 Å². The van der Waals surface area contributed by atoms with Crippen LogP contribution in [0.2, 0.25) is 0 Å². The molecule has 0 bridgehead atoms. The first-order valence-corrected chi connectivity index (χ1v) is 6.65. The molecule has 0 aliphatic heterocycles. The fraction of sp³-hybridized carbons (Fsp3) is 0.200. The first-order chi connectivity index (χ1) is 10.7. The number of anilines is 1. The van der Waals surface area contributed by atoms with Gasteiger partial charge >= 0.3 is 5.97 Å². The van der Waals surface area contributed by atoms with E-state index in [4.69, 9.17) is 9.47 Å². The lowest BCUT2D eigenvalue weighted by atomic mass is 10.3. The van der Waals surface area contributed by atoms with Crippen LogP contribution in [0.15, 0.2) is 42.9 Å². The number of carbonyl (C=O) groups is 2. The highest BCUT2D eigenvalue weighted by Gasteiger charge is 2.11. The minimum Gasteiger partial charge on any atom is -0.494 e. The van der Waals surface area contributed by atoms with Crippen LogP contribution >= 0.6 is 0 Å². The quantitative estimate of drug-likeness (QED) is 0.816. The molecule has 0 saturated carbocycles. The minimum absolute atomic E-state index is 0.0522. The van der Waals surface area contributed by atoms with Gasteiger partial charge in [0.2, 0.25) is 0 Å². The van der Waals surface area contributed by atoms with Crippen LogP contribution in [0.5, 0.6) is 5.75 Å². The zero-order valence-electron chi connectivity index (χ0n) is 12.0. The highest BCUT2D eigenvalue weighted by molar-refractivity contribution is 5.94. The molecule has 2 aromatic rings. The van der Waals surface area contributed by atoms with E-state index < -0.39 is 18.5 Å². The topological polar surface area (TPSA) is 90.4 Å². The number of aromatic nitrogens is 2. The molecule has 1 N–H and O–H groups in total. The van der Waals surface area contributed by atoms with Crippen molar-refractivity contribution in [3.05, 3.63) is 48.5 Å².